The van der Waals surface area contributed by atoms with Crippen LogP contribution in [0.3, 0.4) is 0 Å². The number of Topliss-reactive ketones (excluding diaryl/α,β-unsaturated/α-hetero) is 1. The highest BCUT2D eigenvalue weighted by Crippen LogP contribution is 2.17. The average molecular weight is 514 g/mol. The van der Waals surface area contributed by atoms with Crippen molar-refractivity contribution < 1.29 is 33.6 Å². The molecule has 206 valence electrons. The Balaban J connectivity index is 0. The fraction of sp³-hybridized carbons (Fsp3) is 0.708. The highest BCUT2D eigenvalue weighted by atomic mass is 16.2. The van der Waals surface area contributed by atoms with Crippen molar-refractivity contribution in [3.05, 3.63) is 0 Å². The molecule has 0 aromatic carbocycles. The summed E-state index contributed by atoms with van der Waals surface area (Å²) in [5.41, 5.74) is 0. The molecule has 12 heteroatoms. The lowest BCUT2D eigenvalue weighted by molar-refractivity contribution is -0.143. The molecule has 1 atom stereocenters. The summed E-state index contributed by atoms with van der Waals surface area (Å²) in [6, 6.07) is 0. The molecule has 4 N–H and O–H groups in total. The smallest absolute Gasteiger partial charge is 0.239 e. The van der Waals surface area contributed by atoms with E-state index in [-0.39, 0.29) is 75.5 Å². The Morgan fingerprint density at radius 1 is 0.778 bits per heavy atom. The van der Waals surface area contributed by atoms with Gasteiger partial charge in [-0.05, 0) is 25.7 Å². The Bertz CT molecular complexity index is 740. The number of ketones is 1. The normalized spacial score (nSPS) is 10.8. The number of hydrogen-bond donors (Lipinski definition) is 4. The van der Waals surface area contributed by atoms with Crippen molar-refractivity contribution in [1.29, 1.82) is 0 Å². The van der Waals surface area contributed by atoms with Gasteiger partial charge in [-0.2, -0.15) is 0 Å². The van der Waals surface area contributed by atoms with E-state index < -0.39 is 23.6 Å². The number of amides is 6. The van der Waals surface area contributed by atoms with Crippen molar-refractivity contribution in [2.24, 2.45) is 11.8 Å². The summed E-state index contributed by atoms with van der Waals surface area (Å²) in [6.45, 7) is 10.4. The zero-order chi connectivity index (χ0) is 28.1. The lowest BCUT2D eigenvalue weighted by Gasteiger charge is -2.24. The molecule has 0 aliphatic rings. The van der Waals surface area contributed by atoms with Crippen molar-refractivity contribution in [3.63, 3.8) is 0 Å². The second kappa shape index (κ2) is 21.0. The Morgan fingerprint density at radius 3 is 1.67 bits per heavy atom. The van der Waals surface area contributed by atoms with E-state index in [0.29, 0.717) is 12.8 Å². The summed E-state index contributed by atoms with van der Waals surface area (Å²) in [7, 11) is 0. The van der Waals surface area contributed by atoms with E-state index in [1.54, 1.807) is 0 Å². The molecule has 0 saturated heterocycles. The Kier molecular flexibility index (Phi) is 20.3. The molecule has 0 bridgehead atoms. The largest absolute Gasteiger partial charge is 0.354 e. The van der Waals surface area contributed by atoms with Crippen LogP contribution in [0.1, 0.15) is 67.2 Å². The van der Waals surface area contributed by atoms with Crippen LogP contribution in [0.25, 0.3) is 0 Å². The van der Waals surface area contributed by atoms with Crippen LogP contribution in [-0.2, 0) is 33.6 Å². The minimum absolute atomic E-state index is 0.0165. The van der Waals surface area contributed by atoms with Gasteiger partial charge in [0.15, 0.2) is 0 Å². The van der Waals surface area contributed by atoms with Crippen molar-refractivity contribution in [2.75, 3.05) is 32.7 Å². The number of carbonyl (C=O) groups excluding carboxylic acids is 7. The van der Waals surface area contributed by atoms with E-state index >= 15 is 0 Å². The van der Waals surface area contributed by atoms with E-state index in [9.17, 15) is 33.6 Å². The molecular formula is C24H43N5O7. The van der Waals surface area contributed by atoms with Gasteiger partial charge < -0.3 is 21.3 Å². The van der Waals surface area contributed by atoms with Gasteiger partial charge in [-0.1, -0.05) is 34.6 Å². The standard InChI is InChI=1S/C22H37N5O7.C2H6/c1-5-17(15(2)3)22(34)27(14-28)10-6-7-18(30)24-12-20(32)26-13-21(33)25-11-19(31)23-9-8-16(4)29;1-2/h14-15,17H,5-13H2,1-4H3,(H,23,31)(H,24,30)(H,25,33)(H,26,32);1-2H3. The number of nitrogens with zero attached hydrogens (tertiary/aromatic N) is 1. The van der Waals surface area contributed by atoms with Crippen LogP contribution in [0.5, 0.6) is 0 Å². The van der Waals surface area contributed by atoms with E-state index in [1.165, 1.54) is 6.92 Å². The number of nitrogens with one attached hydrogen (secondary N) is 4. The predicted molar refractivity (Wildman–Crippen MR) is 134 cm³/mol. The summed E-state index contributed by atoms with van der Waals surface area (Å²) >= 11 is 0. The fourth-order valence-corrected chi connectivity index (χ4v) is 2.96. The molecular weight excluding hydrogens is 470 g/mol. The van der Waals surface area contributed by atoms with Crippen LogP contribution >= 0.6 is 0 Å². The third-order valence-corrected chi connectivity index (χ3v) is 4.91. The molecule has 12 nitrogen and oxygen atoms in total. The van der Waals surface area contributed by atoms with Crippen molar-refractivity contribution in [2.45, 2.75) is 67.2 Å². The first-order chi connectivity index (χ1) is 17.0. The van der Waals surface area contributed by atoms with Crippen LogP contribution in [0, 0.1) is 11.8 Å². The SMILES string of the molecule is CC.CCC(C(=O)N(C=O)CCCC(=O)NCC(=O)NCC(=O)NCC(=O)NCCC(C)=O)C(C)C. The van der Waals surface area contributed by atoms with Gasteiger partial charge in [0.25, 0.3) is 0 Å². The molecule has 1 unspecified atom stereocenters. The zero-order valence-electron chi connectivity index (χ0n) is 22.4. The van der Waals surface area contributed by atoms with Gasteiger partial charge in [-0.3, -0.25) is 38.5 Å². The van der Waals surface area contributed by atoms with Gasteiger partial charge in [0.05, 0.1) is 19.6 Å². The topological polar surface area (TPSA) is 171 Å². The fourth-order valence-electron chi connectivity index (χ4n) is 2.96. The van der Waals surface area contributed by atoms with Gasteiger partial charge in [0, 0.05) is 31.8 Å². The predicted octanol–water partition coefficient (Wildman–Crippen LogP) is -0.0961. The molecule has 0 aromatic heterocycles. The Hall–Kier alpha value is -3.31. The van der Waals surface area contributed by atoms with E-state index in [0.717, 1.165) is 4.90 Å². The van der Waals surface area contributed by atoms with E-state index in [2.05, 4.69) is 21.3 Å². The van der Waals surface area contributed by atoms with Crippen molar-refractivity contribution >= 4 is 41.7 Å². The summed E-state index contributed by atoms with van der Waals surface area (Å²) in [5.74, 6) is -2.58. The maximum atomic E-state index is 12.4. The molecule has 0 heterocycles. The first kappa shape index (κ1) is 34.9. The lowest BCUT2D eigenvalue weighted by Crippen LogP contribution is -2.44. The molecule has 0 aliphatic carbocycles. The monoisotopic (exact) mass is 513 g/mol. The summed E-state index contributed by atoms with van der Waals surface area (Å²) in [5, 5.41) is 9.48. The third-order valence-electron chi connectivity index (χ3n) is 4.91. The molecule has 0 spiro atoms. The maximum absolute atomic E-state index is 12.4. The number of rotatable bonds is 17. The molecule has 0 fully saturated rings. The Morgan fingerprint density at radius 2 is 1.25 bits per heavy atom. The van der Waals surface area contributed by atoms with E-state index in [4.69, 9.17) is 0 Å². The third kappa shape index (κ3) is 17.2. The summed E-state index contributed by atoms with van der Waals surface area (Å²) < 4.78 is 0. The van der Waals surface area contributed by atoms with Gasteiger partial charge in [-0.15, -0.1) is 0 Å². The van der Waals surface area contributed by atoms with Gasteiger partial charge in [0.1, 0.15) is 5.78 Å². The maximum Gasteiger partial charge on any atom is 0.239 e. The summed E-state index contributed by atoms with van der Waals surface area (Å²) in [4.78, 5) is 82.3. The molecule has 6 amide bonds. The van der Waals surface area contributed by atoms with Gasteiger partial charge in [0.2, 0.25) is 35.9 Å². The minimum Gasteiger partial charge on any atom is -0.354 e. The minimum atomic E-state index is -0.596. The lowest BCUT2D eigenvalue weighted by atomic mass is 9.92. The molecule has 0 aromatic rings. The first-order valence-corrected chi connectivity index (χ1v) is 12.3. The molecule has 0 aliphatic heterocycles. The van der Waals surface area contributed by atoms with Crippen molar-refractivity contribution in [1.82, 2.24) is 26.2 Å². The highest BCUT2D eigenvalue weighted by Gasteiger charge is 2.25. The quantitative estimate of drug-likeness (QED) is 0.197. The zero-order valence-corrected chi connectivity index (χ0v) is 22.4. The number of imide groups is 1. The second-order valence-corrected chi connectivity index (χ2v) is 8.13. The van der Waals surface area contributed by atoms with Crippen LogP contribution in [0.15, 0.2) is 0 Å². The van der Waals surface area contributed by atoms with Gasteiger partial charge in [-0.25, -0.2) is 0 Å². The second-order valence-electron chi connectivity index (χ2n) is 8.13. The van der Waals surface area contributed by atoms with Crippen LogP contribution in [0.2, 0.25) is 0 Å². The highest BCUT2D eigenvalue weighted by molar-refractivity contribution is 5.90. The molecule has 36 heavy (non-hydrogen) atoms. The first-order valence-electron chi connectivity index (χ1n) is 12.3. The Labute approximate surface area is 213 Å². The summed E-state index contributed by atoms with van der Waals surface area (Å²) in [6.07, 6.45) is 1.56. The molecule has 0 rings (SSSR count). The average Bonchev–Trinajstić information content (AvgIpc) is 2.83. The van der Waals surface area contributed by atoms with Crippen LogP contribution < -0.4 is 21.3 Å². The molecule has 0 saturated carbocycles. The van der Waals surface area contributed by atoms with Crippen LogP contribution in [-0.4, -0.2) is 79.4 Å². The molecule has 0 radical (unpaired) electrons. The van der Waals surface area contributed by atoms with E-state index in [1.807, 2.05) is 34.6 Å². The van der Waals surface area contributed by atoms with Crippen molar-refractivity contribution in [3.8, 4) is 0 Å². The van der Waals surface area contributed by atoms with Crippen LogP contribution in [0.4, 0.5) is 0 Å². The number of carbonyl (C=O) groups is 7. The van der Waals surface area contributed by atoms with Gasteiger partial charge >= 0.3 is 0 Å². The number of hydrogen-bond acceptors (Lipinski definition) is 7.